The maximum atomic E-state index is 11.2. The zero-order chi connectivity index (χ0) is 13.3. The molecule has 2 rings (SSSR count). The standard InChI is InChI=1S/C14H12ClNO2/c1-9-3-5-10(6-4-9)13-11(7-17)12(8-18)14(15)16(13)2/h3-8H,1-2H3. The lowest BCUT2D eigenvalue weighted by Gasteiger charge is -2.06. The summed E-state index contributed by atoms with van der Waals surface area (Å²) in [6.07, 6.45) is 1.29. The summed E-state index contributed by atoms with van der Waals surface area (Å²) in [7, 11) is 1.73. The molecule has 0 aliphatic heterocycles. The van der Waals surface area contributed by atoms with Gasteiger partial charge in [-0.2, -0.15) is 0 Å². The molecule has 18 heavy (non-hydrogen) atoms. The van der Waals surface area contributed by atoms with Crippen molar-refractivity contribution in [1.29, 1.82) is 0 Å². The van der Waals surface area contributed by atoms with Crippen LogP contribution in [0.15, 0.2) is 24.3 Å². The Morgan fingerprint density at radius 3 is 2.11 bits per heavy atom. The van der Waals surface area contributed by atoms with Gasteiger partial charge in [-0.25, -0.2) is 0 Å². The Labute approximate surface area is 110 Å². The molecule has 0 atom stereocenters. The largest absolute Gasteiger partial charge is 0.334 e. The predicted octanol–water partition coefficient (Wildman–Crippen LogP) is 3.28. The van der Waals surface area contributed by atoms with Crippen LogP contribution >= 0.6 is 11.6 Å². The van der Waals surface area contributed by atoms with E-state index in [1.807, 2.05) is 31.2 Å². The summed E-state index contributed by atoms with van der Waals surface area (Å²) in [5.74, 6) is 0. The van der Waals surface area contributed by atoms with Gasteiger partial charge < -0.3 is 4.57 Å². The van der Waals surface area contributed by atoms with Crippen LogP contribution in [0, 0.1) is 6.92 Å². The SMILES string of the molecule is Cc1ccc(-c2c(C=O)c(C=O)c(Cl)n2C)cc1. The van der Waals surface area contributed by atoms with Gasteiger partial charge in [-0.1, -0.05) is 41.4 Å². The molecule has 1 aromatic heterocycles. The van der Waals surface area contributed by atoms with Gasteiger partial charge in [0, 0.05) is 7.05 Å². The first-order chi connectivity index (χ1) is 8.60. The van der Waals surface area contributed by atoms with Crippen LogP contribution in [0.5, 0.6) is 0 Å². The van der Waals surface area contributed by atoms with Crippen LogP contribution in [0.1, 0.15) is 26.3 Å². The average molecular weight is 262 g/mol. The molecule has 0 aliphatic carbocycles. The molecular formula is C14H12ClNO2. The number of hydrogen-bond acceptors (Lipinski definition) is 2. The molecule has 0 N–H and O–H groups in total. The van der Waals surface area contributed by atoms with E-state index in [0.29, 0.717) is 23.8 Å². The van der Waals surface area contributed by atoms with E-state index >= 15 is 0 Å². The normalized spacial score (nSPS) is 10.4. The predicted molar refractivity (Wildman–Crippen MR) is 71.4 cm³/mol. The molecule has 0 unspecified atom stereocenters. The van der Waals surface area contributed by atoms with Crippen molar-refractivity contribution < 1.29 is 9.59 Å². The first-order valence-corrected chi connectivity index (χ1v) is 5.83. The van der Waals surface area contributed by atoms with E-state index in [-0.39, 0.29) is 10.7 Å². The highest BCUT2D eigenvalue weighted by atomic mass is 35.5. The monoisotopic (exact) mass is 261 g/mol. The van der Waals surface area contributed by atoms with Crippen LogP contribution in [0.3, 0.4) is 0 Å². The van der Waals surface area contributed by atoms with Gasteiger partial charge in [-0.05, 0) is 12.5 Å². The Hall–Kier alpha value is -1.87. The van der Waals surface area contributed by atoms with Crippen molar-refractivity contribution in [1.82, 2.24) is 4.57 Å². The maximum Gasteiger partial charge on any atom is 0.153 e. The highest BCUT2D eigenvalue weighted by Gasteiger charge is 2.19. The van der Waals surface area contributed by atoms with E-state index < -0.39 is 0 Å². The minimum absolute atomic E-state index is 0.241. The molecule has 0 radical (unpaired) electrons. The van der Waals surface area contributed by atoms with Gasteiger partial charge in [0.25, 0.3) is 0 Å². The number of carbonyl (C=O) groups is 2. The van der Waals surface area contributed by atoms with Gasteiger partial charge in [-0.15, -0.1) is 0 Å². The molecule has 2 aromatic rings. The van der Waals surface area contributed by atoms with Gasteiger partial charge in [0.1, 0.15) is 5.15 Å². The molecule has 0 saturated carbocycles. The number of aldehydes is 2. The van der Waals surface area contributed by atoms with E-state index in [0.717, 1.165) is 11.1 Å². The van der Waals surface area contributed by atoms with Crippen molar-refractivity contribution in [2.45, 2.75) is 6.92 Å². The Morgan fingerprint density at radius 2 is 1.61 bits per heavy atom. The van der Waals surface area contributed by atoms with Crippen molar-refractivity contribution in [3.63, 3.8) is 0 Å². The molecule has 0 spiro atoms. The van der Waals surface area contributed by atoms with Crippen LogP contribution in [0.2, 0.25) is 5.15 Å². The van der Waals surface area contributed by atoms with Gasteiger partial charge in [0.15, 0.2) is 12.6 Å². The summed E-state index contributed by atoms with van der Waals surface area (Å²) in [5, 5.41) is 0.280. The Balaban J connectivity index is 2.74. The van der Waals surface area contributed by atoms with Gasteiger partial charge >= 0.3 is 0 Å². The number of aromatic nitrogens is 1. The van der Waals surface area contributed by atoms with E-state index in [1.165, 1.54) is 0 Å². The van der Waals surface area contributed by atoms with Crippen LogP contribution < -0.4 is 0 Å². The van der Waals surface area contributed by atoms with Crippen LogP contribution in [0.25, 0.3) is 11.3 Å². The third-order valence-corrected chi connectivity index (χ3v) is 3.42. The summed E-state index contributed by atoms with van der Waals surface area (Å²) in [5.41, 5.74) is 3.23. The molecule has 1 aromatic carbocycles. The number of hydrogen-bond donors (Lipinski definition) is 0. The fourth-order valence-corrected chi connectivity index (χ4v) is 2.22. The third kappa shape index (κ3) is 1.87. The summed E-state index contributed by atoms with van der Waals surface area (Å²) < 4.78 is 1.65. The number of aryl methyl sites for hydroxylation is 1. The number of halogens is 1. The third-order valence-electron chi connectivity index (χ3n) is 2.96. The van der Waals surface area contributed by atoms with Crippen molar-refractivity contribution >= 4 is 24.2 Å². The second-order valence-corrected chi connectivity index (χ2v) is 4.49. The van der Waals surface area contributed by atoms with Gasteiger partial charge in [0.2, 0.25) is 0 Å². The van der Waals surface area contributed by atoms with Gasteiger partial charge in [-0.3, -0.25) is 9.59 Å². The molecule has 92 valence electrons. The number of benzene rings is 1. The molecule has 0 aliphatic rings. The molecule has 0 amide bonds. The second-order valence-electron chi connectivity index (χ2n) is 4.13. The lowest BCUT2D eigenvalue weighted by Crippen LogP contribution is -1.94. The summed E-state index contributed by atoms with van der Waals surface area (Å²) in [4.78, 5) is 22.2. The number of nitrogens with zero attached hydrogens (tertiary/aromatic N) is 1. The smallest absolute Gasteiger partial charge is 0.153 e. The first-order valence-electron chi connectivity index (χ1n) is 5.45. The Morgan fingerprint density at radius 1 is 1.06 bits per heavy atom. The molecule has 1 heterocycles. The number of carbonyl (C=O) groups excluding carboxylic acids is 2. The quantitative estimate of drug-likeness (QED) is 0.796. The van der Waals surface area contributed by atoms with E-state index in [4.69, 9.17) is 11.6 Å². The summed E-state index contributed by atoms with van der Waals surface area (Å²) >= 11 is 6.05. The van der Waals surface area contributed by atoms with Crippen molar-refractivity contribution in [2.24, 2.45) is 7.05 Å². The molecule has 0 fully saturated rings. The molecular weight excluding hydrogens is 250 g/mol. The molecule has 0 saturated heterocycles. The van der Waals surface area contributed by atoms with E-state index in [2.05, 4.69) is 0 Å². The second kappa shape index (κ2) is 4.78. The maximum absolute atomic E-state index is 11.2. The molecule has 3 nitrogen and oxygen atoms in total. The van der Waals surface area contributed by atoms with Crippen LogP contribution in [-0.2, 0) is 7.05 Å². The first kappa shape index (κ1) is 12.6. The Bertz CT molecular complexity index is 612. The van der Waals surface area contributed by atoms with Crippen LogP contribution in [-0.4, -0.2) is 17.1 Å². The van der Waals surface area contributed by atoms with Crippen molar-refractivity contribution in [3.05, 3.63) is 46.1 Å². The topological polar surface area (TPSA) is 39.1 Å². The van der Waals surface area contributed by atoms with Crippen molar-refractivity contribution in [2.75, 3.05) is 0 Å². The minimum atomic E-state index is 0.241. The molecule has 4 heteroatoms. The van der Waals surface area contributed by atoms with E-state index in [1.54, 1.807) is 11.6 Å². The lowest BCUT2D eigenvalue weighted by atomic mass is 10.0. The summed E-state index contributed by atoms with van der Waals surface area (Å²) in [6, 6.07) is 7.71. The van der Waals surface area contributed by atoms with Gasteiger partial charge in [0.05, 0.1) is 16.8 Å². The zero-order valence-corrected chi connectivity index (χ0v) is 10.9. The lowest BCUT2D eigenvalue weighted by molar-refractivity contribution is 0.109. The highest BCUT2D eigenvalue weighted by molar-refractivity contribution is 6.33. The van der Waals surface area contributed by atoms with Crippen LogP contribution in [0.4, 0.5) is 0 Å². The van der Waals surface area contributed by atoms with E-state index in [9.17, 15) is 9.59 Å². The fourth-order valence-electron chi connectivity index (χ4n) is 1.99. The average Bonchev–Trinajstić information content (AvgIpc) is 2.62. The highest BCUT2D eigenvalue weighted by Crippen LogP contribution is 2.31. The molecule has 0 bridgehead atoms. The van der Waals surface area contributed by atoms with Crippen molar-refractivity contribution in [3.8, 4) is 11.3 Å². The fraction of sp³-hybridized carbons (Fsp3) is 0.143. The minimum Gasteiger partial charge on any atom is -0.334 e. The zero-order valence-electron chi connectivity index (χ0n) is 10.1. The number of rotatable bonds is 3. The summed E-state index contributed by atoms with van der Waals surface area (Å²) in [6.45, 7) is 1.99. The Kier molecular flexibility index (Phi) is 3.34.